The molecule has 2 rings (SSSR count). The molecular formula is C14H20FNOS. The van der Waals surface area contributed by atoms with Gasteiger partial charge >= 0.3 is 0 Å². The van der Waals surface area contributed by atoms with Gasteiger partial charge in [0.1, 0.15) is 5.82 Å². The number of aliphatic hydroxyl groups is 1. The van der Waals surface area contributed by atoms with Crippen molar-refractivity contribution >= 4 is 11.8 Å². The van der Waals surface area contributed by atoms with E-state index in [1.807, 2.05) is 12.1 Å². The van der Waals surface area contributed by atoms with Gasteiger partial charge in [-0.15, -0.1) is 11.8 Å². The van der Waals surface area contributed by atoms with Crippen LogP contribution in [0.3, 0.4) is 0 Å². The van der Waals surface area contributed by atoms with Crippen molar-refractivity contribution in [2.45, 2.75) is 30.3 Å². The Labute approximate surface area is 112 Å². The summed E-state index contributed by atoms with van der Waals surface area (Å²) >= 11 is 1.73. The highest BCUT2D eigenvalue weighted by Crippen LogP contribution is 2.26. The van der Waals surface area contributed by atoms with Gasteiger partial charge in [0.2, 0.25) is 0 Å². The molecule has 1 aliphatic rings. The van der Waals surface area contributed by atoms with Crippen molar-refractivity contribution in [1.29, 1.82) is 0 Å². The van der Waals surface area contributed by atoms with Gasteiger partial charge in [-0.1, -0.05) is 13.3 Å². The lowest BCUT2D eigenvalue weighted by Crippen LogP contribution is -2.61. The number of hydrogen-bond acceptors (Lipinski definition) is 3. The number of likely N-dealkylation sites (tertiary alicyclic amines) is 1. The molecule has 0 aromatic heterocycles. The van der Waals surface area contributed by atoms with Crippen molar-refractivity contribution < 1.29 is 9.50 Å². The van der Waals surface area contributed by atoms with E-state index in [2.05, 4.69) is 11.8 Å². The summed E-state index contributed by atoms with van der Waals surface area (Å²) < 4.78 is 12.7. The van der Waals surface area contributed by atoms with Gasteiger partial charge in [-0.2, -0.15) is 0 Å². The fourth-order valence-electron chi connectivity index (χ4n) is 2.39. The zero-order chi connectivity index (χ0) is 13.0. The lowest BCUT2D eigenvalue weighted by molar-refractivity contribution is -0.0999. The van der Waals surface area contributed by atoms with E-state index in [1.165, 1.54) is 12.1 Å². The van der Waals surface area contributed by atoms with Crippen LogP contribution in [-0.4, -0.2) is 41.0 Å². The molecule has 4 heteroatoms. The minimum absolute atomic E-state index is 0.188. The van der Waals surface area contributed by atoms with E-state index in [0.29, 0.717) is 0 Å². The average Bonchev–Trinajstić information content (AvgIpc) is 2.30. The van der Waals surface area contributed by atoms with Crippen molar-refractivity contribution in [2.24, 2.45) is 0 Å². The molecular weight excluding hydrogens is 249 g/mol. The Balaban J connectivity index is 1.64. The van der Waals surface area contributed by atoms with Crippen LogP contribution in [0.4, 0.5) is 4.39 Å². The summed E-state index contributed by atoms with van der Waals surface area (Å²) in [6.45, 7) is 4.68. The predicted octanol–water partition coefficient (Wildman–Crippen LogP) is 2.76. The standard InChI is InChI=1S/C14H20FNOS/c1-2-7-14(17)10-16(11-14)8-9-18-13-5-3-12(15)4-6-13/h3-6,17H,2,7-11H2,1H3. The van der Waals surface area contributed by atoms with Crippen molar-refractivity contribution in [3.05, 3.63) is 30.1 Å². The van der Waals surface area contributed by atoms with Crippen molar-refractivity contribution in [1.82, 2.24) is 4.90 Å². The average molecular weight is 269 g/mol. The Bertz CT molecular complexity index is 376. The monoisotopic (exact) mass is 269 g/mol. The van der Waals surface area contributed by atoms with Crippen LogP contribution < -0.4 is 0 Å². The van der Waals surface area contributed by atoms with E-state index in [0.717, 1.165) is 43.1 Å². The third kappa shape index (κ3) is 3.70. The lowest BCUT2D eigenvalue weighted by Gasteiger charge is -2.46. The van der Waals surface area contributed by atoms with Gasteiger partial charge in [-0.25, -0.2) is 4.39 Å². The molecule has 2 nitrogen and oxygen atoms in total. The van der Waals surface area contributed by atoms with Crippen molar-refractivity contribution in [2.75, 3.05) is 25.4 Å². The largest absolute Gasteiger partial charge is 0.387 e. The Morgan fingerprint density at radius 1 is 1.33 bits per heavy atom. The predicted molar refractivity (Wildman–Crippen MR) is 73.4 cm³/mol. The van der Waals surface area contributed by atoms with Crippen LogP contribution in [0.5, 0.6) is 0 Å². The van der Waals surface area contributed by atoms with E-state index < -0.39 is 5.60 Å². The molecule has 1 saturated heterocycles. The van der Waals surface area contributed by atoms with Gasteiger partial charge in [0.15, 0.2) is 0 Å². The SMILES string of the molecule is CCCC1(O)CN(CCSc2ccc(F)cc2)C1. The lowest BCUT2D eigenvalue weighted by atomic mass is 9.89. The molecule has 100 valence electrons. The van der Waals surface area contributed by atoms with Crippen LogP contribution in [0.1, 0.15) is 19.8 Å². The minimum atomic E-state index is -0.435. The van der Waals surface area contributed by atoms with Gasteiger partial charge in [-0.3, -0.25) is 4.90 Å². The molecule has 0 amide bonds. The number of benzene rings is 1. The van der Waals surface area contributed by atoms with E-state index in [4.69, 9.17) is 0 Å². The van der Waals surface area contributed by atoms with E-state index in [-0.39, 0.29) is 5.82 Å². The highest BCUT2D eigenvalue weighted by atomic mass is 32.2. The quantitative estimate of drug-likeness (QED) is 0.803. The smallest absolute Gasteiger partial charge is 0.123 e. The van der Waals surface area contributed by atoms with Crippen LogP contribution in [-0.2, 0) is 0 Å². The fraction of sp³-hybridized carbons (Fsp3) is 0.571. The summed E-state index contributed by atoms with van der Waals surface area (Å²) in [6, 6.07) is 6.60. The summed E-state index contributed by atoms with van der Waals surface area (Å²) in [5, 5.41) is 10.0. The Kier molecular flexibility index (Phi) is 4.65. The highest BCUT2D eigenvalue weighted by molar-refractivity contribution is 7.99. The third-order valence-electron chi connectivity index (χ3n) is 3.24. The van der Waals surface area contributed by atoms with Gasteiger partial charge in [0.05, 0.1) is 5.60 Å². The van der Waals surface area contributed by atoms with Gasteiger partial charge in [0, 0.05) is 30.3 Å². The second kappa shape index (κ2) is 6.04. The van der Waals surface area contributed by atoms with E-state index >= 15 is 0 Å². The molecule has 0 spiro atoms. The second-order valence-electron chi connectivity index (χ2n) is 4.99. The normalized spacial score (nSPS) is 18.6. The number of thioether (sulfide) groups is 1. The molecule has 0 aliphatic carbocycles. The first-order valence-electron chi connectivity index (χ1n) is 6.44. The molecule has 0 radical (unpaired) electrons. The van der Waals surface area contributed by atoms with Gasteiger partial charge in [0.25, 0.3) is 0 Å². The molecule has 1 aromatic carbocycles. The molecule has 0 bridgehead atoms. The first kappa shape index (κ1) is 13.8. The highest BCUT2D eigenvalue weighted by Gasteiger charge is 2.39. The topological polar surface area (TPSA) is 23.5 Å². The maximum absolute atomic E-state index is 12.7. The van der Waals surface area contributed by atoms with E-state index in [1.54, 1.807) is 11.8 Å². The number of rotatable bonds is 6. The first-order valence-corrected chi connectivity index (χ1v) is 7.43. The Hall–Kier alpha value is -0.580. The van der Waals surface area contributed by atoms with Crippen LogP contribution in [0.25, 0.3) is 0 Å². The Morgan fingerprint density at radius 3 is 2.61 bits per heavy atom. The molecule has 1 fully saturated rings. The third-order valence-corrected chi connectivity index (χ3v) is 4.23. The molecule has 1 heterocycles. The first-order chi connectivity index (χ1) is 8.61. The summed E-state index contributed by atoms with van der Waals surface area (Å²) in [6.07, 6.45) is 1.93. The molecule has 1 aliphatic heterocycles. The number of hydrogen-bond donors (Lipinski definition) is 1. The maximum atomic E-state index is 12.7. The molecule has 0 unspecified atom stereocenters. The summed E-state index contributed by atoms with van der Waals surface area (Å²) in [7, 11) is 0. The fourth-order valence-corrected chi connectivity index (χ4v) is 3.30. The van der Waals surface area contributed by atoms with Crippen molar-refractivity contribution in [3.8, 4) is 0 Å². The number of nitrogens with zero attached hydrogens (tertiary/aromatic N) is 1. The van der Waals surface area contributed by atoms with E-state index in [9.17, 15) is 9.50 Å². The zero-order valence-electron chi connectivity index (χ0n) is 10.7. The van der Waals surface area contributed by atoms with Gasteiger partial charge < -0.3 is 5.11 Å². The maximum Gasteiger partial charge on any atom is 0.123 e. The van der Waals surface area contributed by atoms with Gasteiger partial charge in [-0.05, 0) is 30.7 Å². The summed E-state index contributed by atoms with van der Waals surface area (Å²) in [4.78, 5) is 3.37. The van der Waals surface area contributed by atoms with Crippen molar-refractivity contribution in [3.63, 3.8) is 0 Å². The zero-order valence-corrected chi connectivity index (χ0v) is 11.5. The Morgan fingerprint density at radius 2 is 2.00 bits per heavy atom. The molecule has 18 heavy (non-hydrogen) atoms. The molecule has 1 N–H and O–H groups in total. The van der Waals surface area contributed by atoms with Crippen LogP contribution in [0.2, 0.25) is 0 Å². The van der Waals surface area contributed by atoms with Crippen LogP contribution >= 0.6 is 11.8 Å². The molecule has 0 atom stereocenters. The number of β-amino-alcohol motifs (C(OH)–C–C–N with tert-alkyl or cyclic N) is 1. The minimum Gasteiger partial charge on any atom is -0.387 e. The number of halogens is 1. The molecule has 1 aromatic rings. The summed E-state index contributed by atoms with van der Waals surface area (Å²) in [5.74, 6) is 0.792. The summed E-state index contributed by atoms with van der Waals surface area (Å²) in [5.41, 5.74) is -0.435. The van der Waals surface area contributed by atoms with Crippen LogP contribution in [0, 0.1) is 5.82 Å². The van der Waals surface area contributed by atoms with Crippen LogP contribution in [0.15, 0.2) is 29.2 Å². The second-order valence-corrected chi connectivity index (χ2v) is 6.16. The molecule has 0 saturated carbocycles.